The zero-order valence-electron chi connectivity index (χ0n) is 12.6. The summed E-state index contributed by atoms with van der Waals surface area (Å²) in [5.74, 6) is -0.613. The van der Waals surface area contributed by atoms with Gasteiger partial charge in [-0.25, -0.2) is 4.39 Å². The van der Waals surface area contributed by atoms with E-state index < -0.39 is 6.10 Å². The third-order valence-corrected chi connectivity index (χ3v) is 3.59. The summed E-state index contributed by atoms with van der Waals surface area (Å²) in [6.07, 6.45) is -0.528. The standard InChI is InChI=1S/C15H22FN3O2/c1-10(2)19(3)13-5-4-11(8-12(13)16)18-15(20)14-9-17-6-7-21-14/h4-5,8,10,14,17H,6-7,9H2,1-3H3,(H,18,20)/t14-/m1/s1. The second-order valence-electron chi connectivity index (χ2n) is 5.42. The molecule has 116 valence electrons. The Balaban J connectivity index is 2.04. The summed E-state index contributed by atoms with van der Waals surface area (Å²) in [6.45, 7) is 5.70. The number of carbonyl (C=O) groups excluding carboxylic acids is 1. The van der Waals surface area contributed by atoms with E-state index in [-0.39, 0.29) is 17.8 Å². The molecule has 1 aromatic carbocycles. The minimum absolute atomic E-state index is 0.196. The number of amides is 1. The Morgan fingerprint density at radius 1 is 1.52 bits per heavy atom. The van der Waals surface area contributed by atoms with E-state index in [4.69, 9.17) is 4.74 Å². The molecule has 0 saturated carbocycles. The molecule has 21 heavy (non-hydrogen) atoms. The molecule has 1 aliphatic rings. The van der Waals surface area contributed by atoms with Crippen LogP contribution in [0.1, 0.15) is 13.8 Å². The van der Waals surface area contributed by atoms with Crippen molar-refractivity contribution < 1.29 is 13.9 Å². The Bertz CT molecular complexity index is 502. The molecule has 6 heteroatoms. The lowest BCUT2D eigenvalue weighted by atomic mass is 10.2. The van der Waals surface area contributed by atoms with E-state index in [0.717, 1.165) is 6.54 Å². The molecule has 0 unspecified atom stereocenters. The van der Waals surface area contributed by atoms with Gasteiger partial charge >= 0.3 is 0 Å². The summed E-state index contributed by atoms with van der Waals surface area (Å²) in [5.41, 5.74) is 0.950. The van der Waals surface area contributed by atoms with E-state index in [1.165, 1.54) is 6.07 Å². The molecule has 0 radical (unpaired) electrons. The van der Waals surface area contributed by atoms with Gasteiger partial charge in [0.2, 0.25) is 0 Å². The Labute approximate surface area is 124 Å². The number of carbonyl (C=O) groups is 1. The Hall–Kier alpha value is -1.66. The van der Waals surface area contributed by atoms with Crippen molar-refractivity contribution in [1.29, 1.82) is 0 Å². The van der Waals surface area contributed by atoms with Crippen molar-refractivity contribution in [2.45, 2.75) is 26.0 Å². The normalized spacial score (nSPS) is 18.6. The van der Waals surface area contributed by atoms with Crippen LogP contribution in [0.3, 0.4) is 0 Å². The maximum Gasteiger partial charge on any atom is 0.254 e. The number of benzene rings is 1. The van der Waals surface area contributed by atoms with Gasteiger partial charge in [0.15, 0.2) is 0 Å². The number of rotatable bonds is 4. The molecule has 1 aliphatic heterocycles. The van der Waals surface area contributed by atoms with Crippen LogP contribution in [0.25, 0.3) is 0 Å². The Morgan fingerprint density at radius 2 is 2.29 bits per heavy atom. The van der Waals surface area contributed by atoms with Crippen LogP contribution >= 0.6 is 0 Å². The highest BCUT2D eigenvalue weighted by molar-refractivity contribution is 5.94. The summed E-state index contributed by atoms with van der Waals surface area (Å²) in [4.78, 5) is 13.8. The number of morpholine rings is 1. The predicted molar refractivity (Wildman–Crippen MR) is 81.2 cm³/mol. The van der Waals surface area contributed by atoms with Gasteiger partial charge in [-0.1, -0.05) is 0 Å². The zero-order valence-corrected chi connectivity index (χ0v) is 12.6. The molecular weight excluding hydrogens is 273 g/mol. The predicted octanol–water partition coefficient (Wildman–Crippen LogP) is 1.60. The lowest BCUT2D eigenvalue weighted by Crippen LogP contribution is -2.45. The van der Waals surface area contributed by atoms with Gasteiger partial charge < -0.3 is 20.3 Å². The maximum atomic E-state index is 14.1. The van der Waals surface area contributed by atoms with Crippen LogP contribution in [0.5, 0.6) is 0 Å². The zero-order chi connectivity index (χ0) is 15.4. The van der Waals surface area contributed by atoms with E-state index in [1.807, 2.05) is 25.8 Å². The molecular formula is C15H22FN3O2. The number of ether oxygens (including phenoxy) is 1. The van der Waals surface area contributed by atoms with Crippen molar-refractivity contribution in [3.05, 3.63) is 24.0 Å². The monoisotopic (exact) mass is 295 g/mol. The quantitative estimate of drug-likeness (QED) is 0.886. The minimum atomic E-state index is -0.528. The van der Waals surface area contributed by atoms with E-state index in [0.29, 0.717) is 24.5 Å². The summed E-state index contributed by atoms with van der Waals surface area (Å²) in [7, 11) is 1.84. The molecule has 0 spiro atoms. The van der Waals surface area contributed by atoms with Crippen molar-refractivity contribution in [3.8, 4) is 0 Å². The Morgan fingerprint density at radius 3 is 2.86 bits per heavy atom. The van der Waals surface area contributed by atoms with E-state index in [1.54, 1.807) is 12.1 Å². The van der Waals surface area contributed by atoms with Crippen molar-refractivity contribution in [2.75, 3.05) is 37.0 Å². The van der Waals surface area contributed by atoms with E-state index in [2.05, 4.69) is 10.6 Å². The molecule has 0 aliphatic carbocycles. The largest absolute Gasteiger partial charge is 0.370 e. The molecule has 1 fully saturated rings. The Kier molecular flexibility index (Phi) is 5.14. The molecule has 0 bridgehead atoms. The smallest absolute Gasteiger partial charge is 0.254 e. The van der Waals surface area contributed by atoms with Gasteiger partial charge in [0.25, 0.3) is 5.91 Å². The van der Waals surface area contributed by atoms with Gasteiger partial charge in [0.1, 0.15) is 11.9 Å². The summed E-state index contributed by atoms with van der Waals surface area (Å²) in [5, 5.41) is 5.77. The molecule has 1 atom stereocenters. The number of hydrogen-bond donors (Lipinski definition) is 2. The molecule has 1 amide bonds. The van der Waals surface area contributed by atoms with Gasteiger partial charge in [-0.3, -0.25) is 4.79 Å². The average molecular weight is 295 g/mol. The summed E-state index contributed by atoms with van der Waals surface area (Å²) in [6, 6.07) is 4.90. The molecule has 1 heterocycles. The van der Waals surface area contributed by atoms with Crippen molar-refractivity contribution in [1.82, 2.24) is 5.32 Å². The van der Waals surface area contributed by atoms with Gasteiger partial charge in [-0.2, -0.15) is 0 Å². The van der Waals surface area contributed by atoms with Crippen LogP contribution in [0.4, 0.5) is 15.8 Å². The van der Waals surface area contributed by atoms with Gasteiger partial charge in [0, 0.05) is 31.9 Å². The fourth-order valence-corrected chi connectivity index (χ4v) is 2.11. The lowest BCUT2D eigenvalue weighted by Gasteiger charge is -2.25. The molecule has 5 nitrogen and oxygen atoms in total. The van der Waals surface area contributed by atoms with Crippen molar-refractivity contribution in [3.63, 3.8) is 0 Å². The highest BCUT2D eigenvalue weighted by atomic mass is 19.1. The van der Waals surface area contributed by atoms with Crippen LogP contribution in [0.15, 0.2) is 18.2 Å². The first kappa shape index (κ1) is 15.7. The third kappa shape index (κ3) is 3.92. The van der Waals surface area contributed by atoms with Crippen molar-refractivity contribution >= 4 is 17.3 Å². The number of anilines is 2. The average Bonchev–Trinajstić information content (AvgIpc) is 2.47. The number of halogens is 1. The minimum Gasteiger partial charge on any atom is -0.370 e. The first-order valence-electron chi connectivity index (χ1n) is 7.14. The van der Waals surface area contributed by atoms with Crippen LogP contribution in [-0.4, -0.2) is 44.8 Å². The van der Waals surface area contributed by atoms with Gasteiger partial charge in [-0.05, 0) is 32.0 Å². The molecule has 2 N–H and O–H groups in total. The van der Waals surface area contributed by atoms with Crippen LogP contribution < -0.4 is 15.5 Å². The SMILES string of the molecule is CC(C)N(C)c1ccc(NC(=O)[C@H]2CNCCO2)cc1F. The highest BCUT2D eigenvalue weighted by Gasteiger charge is 2.22. The fraction of sp³-hybridized carbons (Fsp3) is 0.533. The first-order chi connectivity index (χ1) is 9.99. The second-order valence-corrected chi connectivity index (χ2v) is 5.42. The summed E-state index contributed by atoms with van der Waals surface area (Å²) < 4.78 is 19.5. The highest BCUT2D eigenvalue weighted by Crippen LogP contribution is 2.23. The van der Waals surface area contributed by atoms with Crippen LogP contribution in [0, 0.1) is 5.82 Å². The van der Waals surface area contributed by atoms with E-state index in [9.17, 15) is 9.18 Å². The molecule has 0 aromatic heterocycles. The maximum absolute atomic E-state index is 14.1. The lowest BCUT2D eigenvalue weighted by molar-refractivity contribution is -0.128. The van der Waals surface area contributed by atoms with Gasteiger partial charge in [0.05, 0.1) is 12.3 Å². The molecule has 2 rings (SSSR count). The van der Waals surface area contributed by atoms with Crippen LogP contribution in [0.2, 0.25) is 0 Å². The third-order valence-electron chi connectivity index (χ3n) is 3.59. The van der Waals surface area contributed by atoms with Crippen molar-refractivity contribution in [2.24, 2.45) is 0 Å². The number of nitrogens with one attached hydrogen (secondary N) is 2. The first-order valence-corrected chi connectivity index (χ1v) is 7.14. The van der Waals surface area contributed by atoms with Gasteiger partial charge in [-0.15, -0.1) is 0 Å². The molecule has 1 saturated heterocycles. The van der Waals surface area contributed by atoms with Crippen LogP contribution in [-0.2, 0) is 9.53 Å². The van der Waals surface area contributed by atoms with E-state index >= 15 is 0 Å². The number of nitrogens with zero attached hydrogens (tertiary/aromatic N) is 1. The molecule has 1 aromatic rings. The topological polar surface area (TPSA) is 53.6 Å². The second kappa shape index (κ2) is 6.87. The fourth-order valence-electron chi connectivity index (χ4n) is 2.11. The summed E-state index contributed by atoms with van der Waals surface area (Å²) >= 11 is 0. The number of hydrogen-bond acceptors (Lipinski definition) is 4.